The van der Waals surface area contributed by atoms with Crippen LogP contribution in [0.25, 0.3) is 11.0 Å². The van der Waals surface area contributed by atoms with Crippen molar-refractivity contribution in [2.75, 3.05) is 6.54 Å². The van der Waals surface area contributed by atoms with E-state index in [1.54, 1.807) is 0 Å². The fourth-order valence-corrected chi connectivity index (χ4v) is 3.22. The van der Waals surface area contributed by atoms with E-state index in [4.69, 9.17) is 4.98 Å². The minimum atomic E-state index is 0.0791. The first-order valence-corrected chi connectivity index (χ1v) is 9.68. The summed E-state index contributed by atoms with van der Waals surface area (Å²) >= 11 is 0. The van der Waals surface area contributed by atoms with E-state index >= 15 is 0 Å². The zero-order valence-electron chi connectivity index (χ0n) is 16.7. The quantitative estimate of drug-likeness (QED) is 0.703. The molecule has 0 spiro atoms. The van der Waals surface area contributed by atoms with Gasteiger partial charge in [0.25, 0.3) is 0 Å². The van der Waals surface area contributed by atoms with Crippen molar-refractivity contribution in [3.8, 4) is 0 Å². The van der Waals surface area contributed by atoms with E-state index in [1.165, 1.54) is 11.1 Å². The molecule has 0 radical (unpaired) electrons. The van der Waals surface area contributed by atoms with Gasteiger partial charge in [0, 0.05) is 25.9 Å². The van der Waals surface area contributed by atoms with Crippen molar-refractivity contribution >= 4 is 16.9 Å². The number of fused-ring (bicyclic) bond motifs is 1. The lowest BCUT2D eigenvalue weighted by Crippen LogP contribution is -2.25. The van der Waals surface area contributed by atoms with Gasteiger partial charge in [-0.1, -0.05) is 64.1 Å². The molecule has 0 saturated heterocycles. The Labute approximate surface area is 161 Å². The number of carbonyl (C=O) groups excluding carboxylic acids is 1. The Kier molecular flexibility index (Phi) is 5.64. The number of nitrogens with one attached hydrogen (secondary N) is 1. The molecule has 3 aromatic rings. The summed E-state index contributed by atoms with van der Waals surface area (Å²) in [5.74, 6) is 1.09. The average Bonchev–Trinajstić information content (AvgIpc) is 2.99. The second-order valence-electron chi connectivity index (χ2n) is 8.00. The van der Waals surface area contributed by atoms with Crippen LogP contribution in [0, 0.1) is 0 Å². The van der Waals surface area contributed by atoms with E-state index in [1.807, 2.05) is 25.1 Å². The molecule has 0 bridgehead atoms. The predicted octanol–water partition coefficient (Wildman–Crippen LogP) is 4.45. The van der Waals surface area contributed by atoms with Gasteiger partial charge in [-0.05, 0) is 28.7 Å². The molecule has 0 unspecified atom stereocenters. The fourth-order valence-electron chi connectivity index (χ4n) is 3.22. The van der Waals surface area contributed by atoms with Gasteiger partial charge in [-0.15, -0.1) is 0 Å². The second kappa shape index (κ2) is 7.95. The fraction of sp³-hybridized carbons (Fsp3) is 0.391. The standard InChI is InChI=1S/C23H29N3O/c1-5-22(27)24-15-14-21-25-19-8-6-7-9-20(19)26(21)16-17-10-12-18(13-11-17)23(2,3)4/h6-13H,5,14-16H2,1-4H3,(H,24,27). The summed E-state index contributed by atoms with van der Waals surface area (Å²) < 4.78 is 2.26. The summed E-state index contributed by atoms with van der Waals surface area (Å²) in [6.07, 6.45) is 1.23. The highest BCUT2D eigenvalue weighted by atomic mass is 16.1. The van der Waals surface area contributed by atoms with Gasteiger partial charge in [0.05, 0.1) is 11.0 Å². The third-order valence-corrected chi connectivity index (χ3v) is 4.89. The minimum Gasteiger partial charge on any atom is -0.356 e. The summed E-state index contributed by atoms with van der Waals surface area (Å²) in [5.41, 5.74) is 4.88. The van der Waals surface area contributed by atoms with Gasteiger partial charge in [-0.2, -0.15) is 0 Å². The number of hydrogen-bond acceptors (Lipinski definition) is 2. The molecule has 0 aliphatic heterocycles. The Bertz CT molecular complexity index is 917. The maximum Gasteiger partial charge on any atom is 0.219 e. The molecule has 0 aliphatic carbocycles. The molecule has 2 aromatic carbocycles. The third-order valence-electron chi connectivity index (χ3n) is 4.89. The maximum absolute atomic E-state index is 11.5. The second-order valence-corrected chi connectivity index (χ2v) is 8.00. The van der Waals surface area contributed by atoms with E-state index < -0.39 is 0 Å². The Balaban J connectivity index is 1.85. The molecule has 0 aliphatic rings. The summed E-state index contributed by atoms with van der Waals surface area (Å²) in [6.45, 7) is 9.95. The molecule has 1 heterocycles. The van der Waals surface area contributed by atoms with Gasteiger partial charge in [0.15, 0.2) is 0 Å². The number of rotatable bonds is 6. The normalized spacial score (nSPS) is 11.7. The number of nitrogens with zero attached hydrogens (tertiary/aromatic N) is 2. The van der Waals surface area contributed by atoms with Gasteiger partial charge in [0.2, 0.25) is 5.91 Å². The summed E-state index contributed by atoms with van der Waals surface area (Å²) in [6, 6.07) is 17.1. The third kappa shape index (κ3) is 4.57. The van der Waals surface area contributed by atoms with Gasteiger partial charge in [-0.3, -0.25) is 4.79 Å². The number of carbonyl (C=O) groups is 1. The molecule has 4 nitrogen and oxygen atoms in total. The first-order chi connectivity index (χ1) is 12.9. The Hall–Kier alpha value is -2.62. The molecular formula is C23H29N3O. The molecule has 0 atom stereocenters. The molecule has 1 amide bonds. The predicted molar refractivity (Wildman–Crippen MR) is 111 cm³/mol. The number of imidazole rings is 1. The van der Waals surface area contributed by atoms with Crippen LogP contribution in [-0.2, 0) is 23.2 Å². The van der Waals surface area contributed by atoms with Crippen molar-refractivity contribution in [3.63, 3.8) is 0 Å². The van der Waals surface area contributed by atoms with Gasteiger partial charge < -0.3 is 9.88 Å². The first kappa shape index (κ1) is 19.2. The van der Waals surface area contributed by atoms with Crippen LogP contribution in [0.3, 0.4) is 0 Å². The number of hydrogen-bond donors (Lipinski definition) is 1. The number of para-hydroxylation sites is 2. The van der Waals surface area contributed by atoms with Crippen LogP contribution in [0.1, 0.15) is 51.1 Å². The first-order valence-electron chi connectivity index (χ1n) is 9.68. The van der Waals surface area contributed by atoms with E-state index in [0.29, 0.717) is 13.0 Å². The molecule has 0 saturated carbocycles. The highest BCUT2D eigenvalue weighted by Gasteiger charge is 2.14. The van der Waals surface area contributed by atoms with Gasteiger partial charge in [-0.25, -0.2) is 4.98 Å². The van der Waals surface area contributed by atoms with Gasteiger partial charge >= 0.3 is 0 Å². The van der Waals surface area contributed by atoms with Crippen LogP contribution in [-0.4, -0.2) is 22.0 Å². The molecule has 1 N–H and O–H groups in total. The van der Waals surface area contributed by atoms with Crippen molar-refractivity contribution in [2.45, 2.75) is 52.5 Å². The number of benzene rings is 2. The van der Waals surface area contributed by atoms with E-state index in [-0.39, 0.29) is 11.3 Å². The maximum atomic E-state index is 11.5. The van der Waals surface area contributed by atoms with Gasteiger partial charge in [0.1, 0.15) is 5.82 Å². The van der Waals surface area contributed by atoms with Crippen LogP contribution < -0.4 is 5.32 Å². The van der Waals surface area contributed by atoms with Crippen LogP contribution >= 0.6 is 0 Å². The minimum absolute atomic E-state index is 0.0791. The Morgan fingerprint density at radius 3 is 2.44 bits per heavy atom. The van der Waals surface area contributed by atoms with Crippen molar-refractivity contribution in [2.24, 2.45) is 0 Å². The van der Waals surface area contributed by atoms with Crippen molar-refractivity contribution in [1.82, 2.24) is 14.9 Å². The van der Waals surface area contributed by atoms with Crippen molar-refractivity contribution in [3.05, 3.63) is 65.5 Å². The lowest BCUT2D eigenvalue weighted by atomic mass is 9.87. The number of aromatic nitrogens is 2. The largest absolute Gasteiger partial charge is 0.356 e. The topological polar surface area (TPSA) is 46.9 Å². The molecule has 142 valence electrons. The zero-order valence-corrected chi connectivity index (χ0v) is 16.7. The molecule has 4 heteroatoms. The zero-order chi connectivity index (χ0) is 19.4. The molecule has 1 aromatic heterocycles. The van der Waals surface area contributed by atoms with Crippen LogP contribution in [0.5, 0.6) is 0 Å². The van der Waals surface area contributed by atoms with Crippen LogP contribution in [0.4, 0.5) is 0 Å². The molecule has 27 heavy (non-hydrogen) atoms. The lowest BCUT2D eigenvalue weighted by Gasteiger charge is -2.19. The summed E-state index contributed by atoms with van der Waals surface area (Å²) in [4.78, 5) is 16.3. The van der Waals surface area contributed by atoms with E-state index in [9.17, 15) is 4.79 Å². The van der Waals surface area contributed by atoms with E-state index in [0.717, 1.165) is 29.8 Å². The summed E-state index contributed by atoms with van der Waals surface area (Å²) in [5, 5.41) is 2.95. The average molecular weight is 364 g/mol. The van der Waals surface area contributed by atoms with E-state index in [2.05, 4.69) is 61.0 Å². The van der Waals surface area contributed by atoms with Crippen molar-refractivity contribution in [1.29, 1.82) is 0 Å². The monoisotopic (exact) mass is 363 g/mol. The molecule has 3 rings (SSSR count). The smallest absolute Gasteiger partial charge is 0.219 e. The Morgan fingerprint density at radius 1 is 1.07 bits per heavy atom. The molecule has 0 fully saturated rings. The lowest BCUT2D eigenvalue weighted by molar-refractivity contribution is -0.120. The highest BCUT2D eigenvalue weighted by Crippen LogP contribution is 2.23. The SMILES string of the molecule is CCC(=O)NCCc1nc2ccccc2n1Cc1ccc(C(C)(C)C)cc1. The highest BCUT2D eigenvalue weighted by molar-refractivity contribution is 5.76. The summed E-state index contributed by atoms with van der Waals surface area (Å²) in [7, 11) is 0. The molecular weight excluding hydrogens is 334 g/mol. The Morgan fingerprint density at radius 2 is 1.78 bits per heavy atom. The number of amides is 1. The van der Waals surface area contributed by atoms with Crippen LogP contribution in [0.15, 0.2) is 48.5 Å². The van der Waals surface area contributed by atoms with Crippen LogP contribution in [0.2, 0.25) is 0 Å². The van der Waals surface area contributed by atoms with Crippen molar-refractivity contribution < 1.29 is 4.79 Å².